The smallest absolute Gasteiger partial charge is 0 e. The summed E-state index contributed by atoms with van der Waals surface area (Å²) in [5.74, 6) is 0. The first-order valence-electron chi connectivity index (χ1n) is 0. The molecular weight excluding hydrogens is 140 g/mol. The molecule has 0 aliphatic carbocycles. The Labute approximate surface area is 55.1 Å². The van der Waals surface area contributed by atoms with E-state index < -0.39 is 0 Å². The predicted molar refractivity (Wildman–Crippen MR) is 13.5 cm³/mol. The monoisotopic (exact) mass is 144 g/mol. The molecule has 4 nitrogen and oxygen atoms in total. The molecule has 0 amide bonds. The molecule has 0 aliphatic heterocycles. The summed E-state index contributed by atoms with van der Waals surface area (Å²) in [5.41, 5.74) is 0. The maximum absolute atomic E-state index is 0. The van der Waals surface area contributed by atoms with Crippen LogP contribution in [0.3, 0.4) is 0 Å². The summed E-state index contributed by atoms with van der Waals surface area (Å²) >= 11 is 0. The van der Waals surface area contributed by atoms with Crippen molar-refractivity contribution < 1.29 is 43.6 Å². The molecule has 6 heteroatoms. The van der Waals surface area contributed by atoms with E-state index in [0.717, 1.165) is 0 Å². The van der Waals surface area contributed by atoms with Gasteiger partial charge in [0.05, 0.1) is 0 Å². The van der Waals surface area contributed by atoms with Crippen LogP contribution in [-0.2, 0) is 21.7 Å². The van der Waals surface area contributed by atoms with Gasteiger partial charge in [-0.15, -0.1) is 0 Å². The predicted octanol–water partition coefficient (Wildman–Crippen LogP) is -1.09. The Hall–Kier alpha value is 0.771. The van der Waals surface area contributed by atoms with E-state index in [2.05, 4.69) is 0 Å². The molecular formula is H4O4SiTi-4. The zero-order chi connectivity index (χ0) is 0. The van der Waals surface area contributed by atoms with Crippen molar-refractivity contribution in [2.75, 3.05) is 0 Å². The summed E-state index contributed by atoms with van der Waals surface area (Å²) in [6.07, 6.45) is 0. The molecule has 0 unspecified atom stereocenters. The van der Waals surface area contributed by atoms with Crippen LogP contribution in [0.2, 0.25) is 0 Å². The van der Waals surface area contributed by atoms with E-state index in [9.17, 15) is 0 Å². The Morgan fingerprint density at radius 3 is 0.500 bits per heavy atom. The van der Waals surface area contributed by atoms with Crippen molar-refractivity contribution in [2.24, 2.45) is 0 Å². The standard InChI is InChI=1S/4H2O.Si.Ti/h4*1H2;;/p-4. The zero-order valence-corrected chi connectivity index (χ0v) is 5.35. The van der Waals surface area contributed by atoms with Gasteiger partial charge in [0.25, 0.3) is 0 Å². The van der Waals surface area contributed by atoms with Gasteiger partial charge >= 0.3 is 0 Å². The number of rotatable bonds is 0. The third-order valence-electron chi connectivity index (χ3n) is 0. The fourth-order valence-corrected chi connectivity index (χ4v) is 0. The average Bonchev–Trinajstić information content (AvgIpc) is 0. The van der Waals surface area contributed by atoms with Crippen molar-refractivity contribution in [2.45, 2.75) is 0 Å². The third-order valence-corrected chi connectivity index (χ3v) is 0. The van der Waals surface area contributed by atoms with E-state index in [-0.39, 0.29) is 54.6 Å². The quantitative estimate of drug-likeness (QED) is 0.401. The fourth-order valence-electron chi connectivity index (χ4n) is 0. The van der Waals surface area contributed by atoms with Crippen LogP contribution in [0.1, 0.15) is 0 Å². The molecule has 0 aromatic carbocycles. The second-order valence-corrected chi connectivity index (χ2v) is 0. The molecule has 0 aromatic heterocycles. The van der Waals surface area contributed by atoms with Crippen LogP contribution in [-0.4, -0.2) is 32.9 Å². The van der Waals surface area contributed by atoms with Crippen LogP contribution in [0, 0.1) is 0 Å². The van der Waals surface area contributed by atoms with Gasteiger partial charge in [-0.25, -0.2) is 0 Å². The molecule has 0 atom stereocenters. The van der Waals surface area contributed by atoms with Crippen molar-refractivity contribution in [3.8, 4) is 0 Å². The Morgan fingerprint density at radius 2 is 0.500 bits per heavy atom. The van der Waals surface area contributed by atoms with E-state index in [4.69, 9.17) is 0 Å². The van der Waals surface area contributed by atoms with Gasteiger partial charge in [0, 0.05) is 32.7 Å². The summed E-state index contributed by atoms with van der Waals surface area (Å²) in [6.45, 7) is 0. The van der Waals surface area contributed by atoms with Crippen molar-refractivity contribution >= 4 is 11.0 Å². The molecule has 4 N–H and O–H groups in total. The second kappa shape index (κ2) is 221. The van der Waals surface area contributed by atoms with Gasteiger partial charge in [-0.1, -0.05) is 0 Å². The topological polar surface area (TPSA) is 120 Å². The van der Waals surface area contributed by atoms with E-state index >= 15 is 0 Å². The minimum atomic E-state index is 0. The Bertz CT molecular complexity index is 7.51. The molecule has 0 rings (SSSR count). The Balaban J connectivity index is 0. The van der Waals surface area contributed by atoms with Crippen LogP contribution in [0.4, 0.5) is 0 Å². The fraction of sp³-hybridized carbons (Fsp3) is 0. The minimum absolute atomic E-state index is 0. The van der Waals surface area contributed by atoms with E-state index in [1.807, 2.05) is 0 Å². The molecule has 0 aliphatic rings. The average molecular weight is 144 g/mol. The first-order valence-corrected chi connectivity index (χ1v) is 0. The number of hydrogen-bond acceptors (Lipinski definition) is 4. The van der Waals surface area contributed by atoms with Gasteiger partial charge in [-0.2, -0.15) is 0 Å². The summed E-state index contributed by atoms with van der Waals surface area (Å²) in [6, 6.07) is 0. The first-order chi connectivity index (χ1) is 0. The van der Waals surface area contributed by atoms with Crippen molar-refractivity contribution in [3.63, 3.8) is 0 Å². The normalized spacial score (nSPS) is 0. The zero-order valence-electron chi connectivity index (χ0n) is 2.79. The van der Waals surface area contributed by atoms with Gasteiger partial charge in [0.15, 0.2) is 0 Å². The third kappa shape index (κ3) is 114. The molecule has 40 valence electrons. The second-order valence-electron chi connectivity index (χ2n) is 0. The summed E-state index contributed by atoms with van der Waals surface area (Å²) < 4.78 is 0. The van der Waals surface area contributed by atoms with Crippen molar-refractivity contribution in [1.82, 2.24) is 0 Å². The molecule has 4 radical (unpaired) electrons. The van der Waals surface area contributed by atoms with Gasteiger partial charge in [-0.3, -0.25) is 0 Å². The van der Waals surface area contributed by atoms with Gasteiger partial charge in [-0.05, 0) is 0 Å². The van der Waals surface area contributed by atoms with Crippen LogP contribution >= 0.6 is 0 Å². The molecule has 0 saturated heterocycles. The summed E-state index contributed by atoms with van der Waals surface area (Å²) in [4.78, 5) is 0. The molecule has 6 heavy (non-hydrogen) atoms. The van der Waals surface area contributed by atoms with E-state index in [0.29, 0.717) is 0 Å². The van der Waals surface area contributed by atoms with E-state index in [1.54, 1.807) is 0 Å². The maximum atomic E-state index is 0. The Kier molecular flexibility index (Phi) is 14000. The molecule has 0 fully saturated rings. The minimum Gasteiger partial charge on any atom is -0.870 e. The van der Waals surface area contributed by atoms with Crippen molar-refractivity contribution in [3.05, 3.63) is 0 Å². The maximum Gasteiger partial charge on any atom is 0 e. The number of hydrogen-bond donors (Lipinski definition) is 0. The molecule has 0 saturated carbocycles. The van der Waals surface area contributed by atoms with Crippen LogP contribution in [0.25, 0.3) is 0 Å². The van der Waals surface area contributed by atoms with Crippen LogP contribution in [0.5, 0.6) is 0 Å². The van der Waals surface area contributed by atoms with Crippen LogP contribution in [0.15, 0.2) is 0 Å². The van der Waals surface area contributed by atoms with Gasteiger partial charge in [0.2, 0.25) is 0 Å². The van der Waals surface area contributed by atoms with Gasteiger partial charge < -0.3 is 21.9 Å². The summed E-state index contributed by atoms with van der Waals surface area (Å²) in [7, 11) is 0. The summed E-state index contributed by atoms with van der Waals surface area (Å²) in [5, 5.41) is 0. The molecule has 0 spiro atoms. The van der Waals surface area contributed by atoms with Gasteiger partial charge in [0.1, 0.15) is 0 Å². The van der Waals surface area contributed by atoms with Crippen LogP contribution < -0.4 is 0 Å². The molecule has 0 bridgehead atoms. The Morgan fingerprint density at radius 1 is 0.500 bits per heavy atom. The molecule has 0 aromatic rings. The van der Waals surface area contributed by atoms with E-state index in [1.165, 1.54) is 0 Å². The largest absolute Gasteiger partial charge is 0.870 e. The SMILES string of the molecule is [OH-].[OH-].[OH-].[OH-].[Si].[Ti]. The molecule has 0 heterocycles. The first kappa shape index (κ1) is 379. The van der Waals surface area contributed by atoms with Crippen molar-refractivity contribution in [1.29, 1.82) is 0 Å².